The first-order valence-corrected chi connectivity index (χ1v) is 5.30. The number of hydrogen-bond acceptors (Lipinski definition) is 2. The number of aromatic nitrogens is 1. The highest BCUT2D eigenvalue weighted by Crippen LogP contribution is 2.13. The van der Waals surface area contributed by atoms with Gasteiger partial charge in [-0.15, -0.1) is 0 Å². The molecule has 0 aliphatic heterocycles. The van der Waals surface area contributed by atoms with E-state index in [4.69, 9.17) is 0 Å². The summed E-state index contributed by atoms with van der Waals surface area (Å²) in [5.41, 5.74) is 0.189. The van der Waals surface area contributed by atoms with Crippen LogP contribution < -0.4 is 10.9 Å². The van der Waals surface area contributed by atoms with E-state index >= 15 is 0 Å². The van der Waals surface area contributed by atoms with Crippen molar-refractivity contribution < 1.29 is 9.18 Å². The zero-order chi connectivity index (χ0) is 13.1. The molecule has 1 amide bonds. The lowest BCUT2D eigenvalue weighted by Gasteiger charge is -2.06. The molecule has 1 heterocycles. The Bertz CT molecular complexity index is 649. The largest absolute Gasteiger partial charge is 0.319 e. The van der Waals surface area contributed by atoms with E-state index < -0.39 is 11.7 Å². The Kier molecular flexibility index (Phi) is 3.23. The monoisotopic (exact) mass is 246 g/mol. The average Bonchev–Trinajstić information content (AvgIpc) is 2.35. The van der Waals surface area contributed by atoms with Gasteiger partial charge in [-0.05, 0) is 18.2 Å². The van der Waals surface area contributed by atoms with Gasteiger partial charge in [-0.1, -0.05) is 12.1 Å². The van der Waals surface area contributed by atoms with Crippen LogP contribution in [0.5, 0.6) is 0 Å². The van der Waals surface area contributed by atoms with Crippen molar-refractivity contribution in [3.63, 3.8) is 0 Å². The van der Waals surface area contributed by atoms with Crippen LogP contribution in [0, 0.1) is 5.82 Å². The Morgan fingerprint density at radius 1 is 1.22 bits per heavy atom. The van der Waals surface area contributed by atoms with Crippen LogP contribution in [0.4, 0.5) is 10.1 Å². The second kappa shape index (κ2) is 4.83. The first-order chi connectivity index (χ1) is 8.58. The van der Waals surface area contributed by atoms with Crippen LogP contribution in [0.15, 0.2) is 47.4 Å². The summed E-state index contributed by atoms with van der Waals surface area (Å²) in [6.07, 6.45) is 1.40. The predicted molar refractivity (Wildman–Crippen MR) is 66.0 cm³/mol. The second-order valence-electron chi connectivity index (χ2n) is 3.80. The van der Waals surface area contributed by atoms with E-state index in [9.17, 15) is 14.0 Å². The molecule has 0 saturated heterocycles. The number of halogens is 1. The van der Waals surface area contributed by atoms with Gasteiger partial charge < -0.3 is 9.88 Å². The van der Waals surface area contributed by atoms with Crippen LogP contribution >= 0.6 is 0 Å². The van der Waals surface area contributed by atoms with Gasteiger partial charge in [0.15, 0.2) is 0 Å². The van der Waals surface area contributed by atoms with E-state index in [0.717, 1.165) is 0 Å². The quantitative estimate of drug-likeness (QED) is 0.878. The summed E-state index contributed by atoms with van der Waals surface area (Å²) in [6, 6.07) is 8.58. The van der Waals surface area contributed by atoms with Crippen molar-refractivity contribution in [3.8, 4) is 0 Å². The van der Waals surface area contributed by atoms with E-state index in [-0.39, 0.29) is 11.2 Å². The smallest absolute Gasteiger partial charge is 0.257 e. The maximum absolute atomic E-state index is 13.3. The fourth-order valence-electron chi connectivity index (χ4n) is 1.49. The number of amides is 1. The summed E-state index contributed by atoms with van der Waals surface area (Å²) in [7, 11) is 1.54. The molecular weight excluding hydrogens is 235 g/mol. The predicted octanol–water partition coefficient (Wildman–Crippen LogP) is 1.78. The van der Waals surface area contributed by atoms with Crippen molar-refractivity contribution >= 4 is 11.6 Å². The normalized spacial score (nSPS) is 10.1. The van der Waals surface area contributed by atoms with Gasteiger partial charge in [0.05, 0.1) is 11.3 Å². The number of anilines is 1. The molecule has 1 aromatic heterocycles. The molecule has 18 heavy (non-hydrogen) atoms. The molecule has 92 valence electrons. The molecule has 0 bridgehead atoms. The lowest BCUT2D eigenvalue weighted by Crippen LogP contribution is -2.19. The van der Waals surface area contributed by atoms with Crippen molar-refractivity contribution in [2.75, 3.05) is 5.32 Å². The number of benzene rings is 1. The van der Waals surface area contributed by atoms with Crippen LogP contribution in [0.2, 0.25) is 0 Å². The van der Waals surface area contributed by atoms with Crippen molar-refractivity contribution in [3.05, 3.63) is 64.3 Å². The summed E-state index contributed by atoms with van der Waals surface area (Å²) in [6.45, 7) is 0. The third-order valence-electron chi connectivity index (χ3n) is 2.47. The van der Waals surface area contributed by atoms with Crippen LogP contribution in [0.1, 0.15) is 10.4 Å². The molecule has 0 aliphatic carbocycles. The number of hydrogen-bond donors (Lipinski definition) is 1. The van der Waals surface area contributed by atoms with Crippen LogP contribution in [-0.4, -0.2) is 10.5 Å². The van der Waals surface area contributed by atoms with E-state index in [2.05, 4.69) is 5.32 Å². The van der Waals surface area contributed by atoms with Gasteiger partial charge in [0.2, 0.25) is 5.56 Å². The zero-order valence-electron chi connectivity index (χ0n) is 9.68. The summed E-state index contributed by atoms with van der Waals surface area (Å²) < 4.78 is 14.6. The maximum atomic E-state index is 13.3. The van der Waals surface area contributed by atoms with Gasteiger partial charge >= 0.3 is 0 Å². The van der Waals surface area contributed by atoms with Crippen LogP contribution in [0.3, 0.4) is 0 Å². The molecule has 4 nitrogen and oxygen atoms in total. The standard InChI is InChI=1S/C13H11FN2O2/c1-16-8-9(6-7-12(16)17)13(18)15-11-5-3-2-4-10(11)14/h2-8H,1H3,(H,15,18). The molecule has 0 fully saturated rings. The van der Waals surface area contributed by atoms with Crippen LogP contribution in [0.25, 0.3) is 0 Å². The first-order valence-electron chi connectivity index (χ1n) is 5.30. The van der Waals surface area contributed by atoms with Crippen LogP contribution in [-0.2, 0) is 7.05 Å². The number of carbonyl (C=O) groups excluding carboxylic acids is 1. The molecule has 2 aromatic rings. The minimum Gasteiger partial charge on any atom is -0.319 e. The van der Waals surface area contributed by atoms with Crippen molar-refractivity contribution in [2.24, 2.45) is 7.05 Å². The van der Waals surface area contributed by atoms with Crippen molar-refractivity contribution in [2.45, 2.75) is 0 Å². The number of nitrogens with zero attached hydrogens (tertiary/aromatic N) is 1. The molecule has 1 aromatic carbocycles. The maximum Gasteiger partial charge on any atom is 0.257 e. The van der Waals surface area contributed by atoms with Gasteiger partial charge in [0, 0.05) is 19.3 Å². The van der Waals surface area contributed by atoms with Gasteiger partial charge in [-0.2, -0.15) is 0 Å². The molecule has 0 saturated carbocycles. The van der Waals surface area contributed by atoms with Gasteiger partial charge in [0.25, 0.3) is 5.91 Å². The Hall–Kier alpha value is -2.43. The molecule has 0 aliphatic rings. The second-order valence-corrected chi connectivity index (χ2v) is 3.80. The molecular formula is C13H11FN2O2. The minimum absolute atomic E-state index is 0.108. The molecule has 2 rings (SSSR count). The fraction of sp³-hybridized carbons (Fsp3) is 0.0769. The molecule has 0 atom stereocenters. The highest BCUT2D eigenvalue weighted by Gasteiger charge is 2.09. The zero-order valence-corrected chi connectivity index (χ0v) is 9.68. The average molecular weight is 246 g/mol. The summed E-state index contributed by atoms with van der Waals surface area (Å²) >= 11 is 0. The molecule has 0 radical (unpaired) electrons. The molecule has 5 heteroatoms. The highest BCUT2D eigenvalue weighted by molar-refractivity contribution is 6.04. The van der Waals surface area contributed by atoms with E-state index in [1.165, 1.54) is 41.1 Å². The Balaban J connectivity index is 2.25. The Morgan fingerprint density at radius 3 is 2.61 bits per heavy atom. The summed E-state index contributed by atoms with van der Waals surface area (Å²) in [5.74, 6) is -0.966. The SMILES string of the molecule is Cn1cc(C(=O)Nc2ccccc2F)ccc1=O. The third kappa shape index (κ3) is 2.45. The number of para-hydroxylation sites is 1. The topological polar surface area (TPSA) is 51.1 Å². The first kappa shape index (κ1) is 12.0. The molecule has 1 N–H and O–H groups in total. The number of nitrogens with one attached hydrogen (secondary N) is 1. The molecule has 0 spiro atoms. The van der Waals surface area contributed by atoms with E-state index in [1.54, 1.807) is 13.1 Å². The highest BCUT2D eigenvalue weighted by atomic mass is 19.1. The number of pyridine rings is 1. The summed E-state index contributed by atoms with van der Waals surface area (Å²) in [5, 5.41) is 2.44. The van der Waals surface area contributed by atoms with Crippen molar-refractivity contribution in [1.82, 2.24) is 4.57 Å². The summed E-state index contributed by atoms with van der Waals surface area (Å²) in [4.78, 5) is 23.0. The number of aryl methyl sites for hydroxylation is 1. The number of carbonyl (C=O) groups is 1. The number of rotatable bonds is 2. The van der Waals surface area contributed by atoms with Gasteiger partial charge in [-0.3, -0.25) is 9.59 Å². The lowest BCUT2D eigenvalue weighted by atomic mass is 10.2. The lowest BCUT2D eigenvalue weighted by molar-refractivity contribution is 0.102. The molecule has 0 unspecified atom stereocenters. The van der Waals surface area contributed by atoms with Gasteiger partial charge in [0.1, 0.15) is 5.82 Å². The van der Waals surface area contributed by atoms with E-state index in [1.807, 2.05) is 0 Å². The van der Waals surface area contributed by atoms with Crippen molar-refractivity contribution in [1.29, 1.82) is 0 Å². The van der Waals surface area contributed by atoms with E-state index in [0.29, 0.717) is 5.56 Å². The Morgan fingerprint density at radius 2 is 1.94 bits per heavy atom. The minimum atomic E-state index is -0.504. The Labute approximate surface area is 103 Å². The fourth-order valence-corrected chi connectivity index (χ4v) is 1.49. The van der Waals surface area contributed by atoms with Gasteiger partial charge in [-0.25, -0.2) is 4.39 Å². The third-order valence-corrected chi connectivity index (χ3v) is 2.47.